The van der Waals surface area contributed by atoms with Crippen molar-refractivity contribution in [2.75, 3.05) is 19.7 Å². The van der Waals surface area contributed by atoms with Crippen LogP contribution in [-0.2, 0) is 11.3 Å². The first kappa shape index (κ1) is 15.0. The molecule has 0 spiro atoms. The van der Waals surface area contributed by atoms with Gasteiger partial charge in [-0.2, -0.15) is 5.10 Å². The molecule has 21 heavy (non-hydrogen) atoms. The van der Waals surface area contributed by atoms with Crippen LogP contribution in [-0.4, -0.2) is 51.5 Å². The summed E-state index contributed by atoms with van der Waals surface area (Å²) in [6, 6.07) is 0.587. The number of aryl methyl sites for hydroxylation is 2. The normalized spacial score (nSPS) is 27.9. The number of rotatable bonds is 4. The van der Waals surface area contributed by atoms with Gasteiger partial charge in [0.2, 0.25) is 0 Å². The largest absolute Gasteiger partial charge is 0.377 e. The zero-order valence-electron chi connectivity index (χ0n) is 13.4. The smallest absolute Gasteiger partial charge is 0.147 e. The molecule has 2 aliphatic rings. The molecule has 1 aromatic heterocycles. The Bertz CT molecular complexity index is 453. The van der Waals surface area contributed by atoms with Crippen LogP contribution < -0.4 is 0 Å². The van der Waals surface area contributed by atoms with Crippen molar-refractivity contribution in [1.82, 2.24) is 19.7 Å². The summed E-state index contributed by atoms with van der Waals surface area (Å²) in [7, 11) is 0. The van der Waals surface area contributed by atoms with Crippen molar-refractivity contribution < 1.29 is 4.74 Å². The fourth-order valence-corrected chi connectivity index (χ4v) is 3.65. The lowest BCUT2D eigenvalue weighted by Gasteiger charge is -2.38. The summed E-state index contributed by atoms with van der Waals surface area (Å²) in [5.74, 6) is 1.91. The van der Waals surface area contributed by atoms with Crippen LogP contribution in [0.4, 0.5) is 0 Å². The number of ether oxygens (including phenoxy) is 1. The maximum absolute atomic E-state index is 5.93. The molecule has 3 heterocycles. The highest BCUT2D eigenvalue weighted by Crippen LogP contribution is 2.22. The lowest BCUT2D eigenvalue weighted by atomic mass is 10.00. The van der Waals surface area contributed by atoms with Crippen LogP contribution in [0.2, 0.25) is 0 Å². The van der Waals surface area contributed by atoms with Gasteiger partial charge in [-0.1, -0.05) is 6.42 Å². The van der Waals surface area contributed by atoms with E-state index in [0.717, 1.165) is 31.3 Å². The summed E-state index contributed by atoms with van der Waals surface area (Å²) < 4.78 is 8.01. The van der Waals surface area contributed by atoms with Gasteiger partial charge in [0.15, 0.2) is 0 Å². The highest BCUT2D eigenvalue weighted by Gasteiger charge is 2.27. The number of nitrogens with zero attached hydrogens (tertiary/aromatic N) is 4. The third-order valence-corrected chi connectivity index (χ3v) is 4.81. The molecule has 2 saturated heterocycles. The lowest BCUT2D eigenvalue weighted by molar-refractivity contribution is -0.0215. The molecule has 0 amide bonds. The van der Waals surface area contributed by atoms with Crippen LogP contribution in [0.3, 0.4) is 0 Å². The number of likely N-dealkylation sites (tertiary alicyclic amines) is 1. The zero-order valence-corrected chi connectivity index (χ0v) is 13.4. The van der Waals surface area contributed by atoms with Crippen molar-refractivity contribution in [3.8, 4) is 0 Å². The van der Waals surface area contributed by atoms with E-state index < -0.39 is 0 Å². The van der Waals surface area contributed by atoms with E-state index in [0.29, 0.717) is 12.1 Å². The van der Waals surface area contributed by atoms with Crippen LogP contribution in [0.1, 0.15) is 50.2 Å². The molecule has 0 aliphatic carbocycles. The monoisotopic (exact) mass is 292 g/mol. The molecule has 2 aliphatic heterocycles. The molecule has 0 unspecified atom stereocenters. The van der Waals surface area contributed by atoms with Gasteiger partial charge in [0.05, 0.1) is 12.6 Å². The van der Waals surface area contributed by atoms with E-state index >= 15 is 0 Å². The molecule has 5 heteroatoms. The standard InChI is InChI=1S/C16H28N4O/c1-13-17-14(2)20(18-13)11-15-7-3-5-9-19(15)12-16-8-4-6-10-21-16/h15-16H,3-12H2,1-2H3/t15-,16+/m0/s1. The SMILES string of the molecule is Cc1nc(C)n(C[C@@H]2CCCCN2C[C@H]2CCCCO2)n1. The molecule has 0 aromatic carbocycles. The Balaban J connectivity index is 1.62. The Morgan fingerprint density at radius 2 is 1.95 bits per heavy atom. The fraction of sp³-hybridized carbons (Fsp3) is 0.875. The summed E-state index contributed by atoms with van der Waals surface area (Å²) in [5, 5.41) is 4.53. The van der Waals surface area contributed by atoms with Crippen molar-refractivity contribution in [2.45, 2.75) is 71.1 Å². The molecule has 0 N–H and O–H groups in total. The first-order valence-corrected chi connectivity index (χ1v) is 8.46. The number of hydrogen-bond donors (Lipinski definition) is 0. The Morgan fingerprint density at radius 1 is 1.10 bits per heavy atom. The molecular weight excluding hydrogens is 264 g/mol. The number of hydrogen-bond acceptors (Lipinski definition) is 4. The number of piperidine rings is 1. The average molecular weight is 292 g/mol. The minimum absolute atomic E-state index is 0.443. The first-order valence-electron chi connectivity index (χ1n) is 8.46. The Hall–Kier alpha value is -0.940. The lowest BCUT2D eigenvalue weighted by Crippen LogP contribution is -2.47. The van der Waals surface area contributed by atoms with Crippen molar-refractivity contribution in [3.63, 3.8) is 0 Å². The molecule has 1 aromatic rings. The Morgan fingerprint density at radius 3 is 2.67 bits per heavy atom. The second-order valence-corrected chi connectivity index (χ2v) is 6.52. The fourth-order valence-electron chi connectivity index (χ4n) is 3.65. The highest BCUT2D eigenvalue weighted by molar-refractivity contribution is 4.90. The van der Waals surface area contributed by atoms with Crippen molar-refractivity contribution >= 4 is 0 Å². The molecule has 3 rings (SSSR count). The molecule has 0 radical (unpaired) electrons. The maximum atomic E-state index is 5.93. The minimum Gasteiger partial charge on any atom is -0.377 e. The van der Waals surface area contributed by atoms with Crippen molar-refractivity contribution in [2.24, 2.45) is 0 Å². The molecule has 118 valence electrons. The third-order valence-electron chi connectivity index (χ3n) is 4.81. The molecule has 5 nitrogen and oxygen atoms in total. The van der Waals surface area contributed by atoms with Crippen LogP contribution in [0.5, 0.6) is 0 Å². The topological polar surface area (TPSA) is 43.2 Å². The van der Waals surface area contributed by atoms with Gasteiger partial charge in [-0.25, -0.2) is 9.67 Å². The van der Waals surface area contributed by atoms with E-state index in [1.54, 1.807) is 0 Å². The van der Waals surface area contributed by atoms with Crippen molar-refractivity contribution in [1.29, 1.82) is 0 Å². The highest BCUT2D eigenvalue weighted by atomic mass is 16.5. The Kier molecular flexibility index (Phi) is 4.91. The quantitative estimate of drug-likeness (QED) is 0.854. The van der Waals surface area contributed by atoms with E-state index in [-0.39, 0.29) is 0 Å². The summed E-state index contributed by atoms with van der Waals surface area (Å²) in [6.07, 6.45) is 8.15. The average Bonchev–Trinajstić information content (AvgIpc) is 2.80. The summed E-state index contributed by atoms with van der Waals surface area (Å²) >= 11 is 0. The van der Waals surface area contributed by atoms with Gasteiger partial charge in [0, 0.05) is 19.2 Å². The second-order valence-electron chi connectivity index (χ2n) is 6.52. The van der Waals surface area contributed by atoms with Gasteiger partial charge in [0.25, 0.3) is 0 Å². The van der Waals surface area contributed by atoms with Gasteiger partial charge in [0.1, 0.15) is 11.6 Å². The minimum atomic E-state index is 0.443. The van der Waals surface area contributed by atoms with Crippen LogP contribution in [0, 0.1) is 13.8 Å². The van der Waals surface area contributed by atoms with Gasteiger partial charge >= 0.3 is 0 Å². The number of aromatic nitrogens is 3. The summed E-state index contributed by atoms with van der Waals surface area (Å²) in [5.41, 5.74) is 0. The summed E-state index contributed by atoms with van der Waals surface area (Å²) in [4.78, 5) is 7.06. The van der Waals surface area contributed by atoms with E-state index in [1.807, 2.05) is 6.92 Å². The predicted molar refractivity (Wildman–Crippen MR) is 82.3 cm³/mol. The van der Waals surface area contributed by atoms with Crippen LogP contribution in [0.25, 0.3) is 0 Å². The van der Waals surface area contributed by atoms with Gasteiger partial charge in [-0.15, -0.1) is 0 Å². The summed E-state index contributed by atoms with van der Waals surface area (Å²) in [6.45, 7) is 8.24. The molecule has 2 fully saturated rings. The molecule has 0 bridgehead atoms. The van der Waals surface area contributed by atoms with Crippen LogP contribution >= 0.6 is 0 Å². The van der Waals surface area contributed by atoms with Crippen molar-refractivity contribution in [3.05, 3.63) is 11.6 Å². The third kappa shape index (κ3) is 3.83. The zero-order chi connectivity index (χ0) is 14.7. The van der Waals surface area contributed by atoms with Gasteiger partial charge < -0.3 is 4.74 Å². The van der Waals surface area contributed by atoms with E-state index in [2.05, 4.69) is 26.6 Å². The maximum Gasteiger partial charge on any atom is 0.147 e. The molecule has 0 saturated carbocycles. The van der Waals surface area contributed by atoms with E-state index in [9.17, 15) is 0 Å². The molecular formula is C16H28N4O. The predicted octanol–water partition coefficient (Wildman–Crippen LogP) is 2.32. The van der Waals surface area contributed by atoms with E-state index in [4.69, 9.17) is 4.74 Å². The second kappa shape index (κ2) is 6.88. The first-order chi connectivity index (χ1) is 10.2. The van der Waals surface area contributed by atoms with Crippen LogP contribution in [0.15, 0.2) is 0 Å². The van der Waals surface area contributed by atoms with E-state index in [1.165, 1.54) is 45.1 Å². The Labute approximate surface area is 127 Å². The van der Waals surface area contributed by atoms with Gasteiger partial charge in [-0.05, 0) is 52.5 Å². The molecule has 2 atom stereocenters. The van der Waals surface area contributed by atoms with Gasteiger partial charge in [-0.3, -0.25) is 4.90 Å².